The van der Waals surface area contributed by atoms with Crippen molar-refractivity contribution >= 4 is 23.6 Å². The van der Waals surface area contributed by atoms with Crippen LogP contribution in [0.4, 0.5) is 5.69 Å². The van der Waals surface area contributed by atoms with E-state index < -0.39 is 0 Å². The van der Waals surface area contributed by atoms with E-state index in [9.17, 15) is 9.59 Å². The number of anilines is 1. The summed E-state index contributed by atoms with van der Waals surface area (Å²) in [5.74, 6) is -0.445. The minimum absolute atomic E-state index is 0.0982. The van der Waals surface area contributed by atoms with Crippen molar-refractivity contribution in [3.8, 4) is 0 Å². The summed E-state index contributed by atoms with van der Waals surface area (Å²) in [5.41, 5.74) is 3.27. The first-order chi connectivity index (χ1) is 13.3. The van der Waals surface area contributed by atoms with E-state index >= 15 is 0 Å². The quantitative estimate of drug-likeness (QED) is 0.516. The van der Waals surface area contributed by atoms with Crippen molar-refractivity contribution in [3.63, 3.8) is 0 Å². The summed E-state index contributed by atoms with van der Waals surface area (Å²) in [4.78, 5) is 24.7. The Morgan fingerprint density at radius 2 is 1.68 bits per heavy atom. The van der Waals surface area contributed by atoms with Crippen molar-refractivity contribution in [2.24, 2.45) is 0 Å². The number of hydrogen-bond donors (Lipinski definition) is 2. The smallest absolute Gasteiger partial charge is 0.253 e. The Labute approximate surface area is 168 Å². The van der Waals surface area contributed by atoms with Crippen molar-refractivity contribution in [1.82, 2.24) is 5.32 Å². The van der Waals surface area contributed by atoms with E-state index in [0.29, 0.717) is 17.8 Å². The van der Waals surface area contributed by atoms with Crippen LogP contribution < -0.4 is 10.6 Å². The summed E-state index contributed by atoms with van der Waals surface area (Å²) in [6, 6.07) is 15.2. The van der Waals surface area contributed by atoms with Crippen molar-refractivity contribution in [2.75, 3.05) is 11.9 Å². The lowest BCUT2D eigenvalue weighted by Gasteiger charge is -2.18. The molecule has 0 radical (unpaired) electrons. The Kier molecular flexibility index (Phi) is 7.56. The normalized spacial score (nSPS) is 11.4. The van der Waals surface area contributed by atoms with Crippen LogP contribution in [0.1, 0.15) is 62.0 Å². The Hall–Kier alpha value is -2.88. The molecule has 4 heteroatoms. The Balaban J connectivity index is 2.03. The fourth-order valence-electron chi connectivity index (χ4n) is 2.70. The first-order valence-corrected chi connectivity index (χ1v) is 9.78. The number of hydrogen-bond acceptors (Lipinski definition) is 2. The second kappa shape index (κ2) is 9.88. The molecule has 2 N–H and O–H groups in total. The van der Waals surface area contributed by atoms with Gasteiger partial charge in [0.2, 0.25) is 5.91 Å². The summed E-state index contributed by atoms with van der Waals surface area (Å²) >= 11 is 0. The molecule has 0 spiro atoms. The molecule has 4 nitrogen and oxygen atoms in total. The van der Waals surface area contributed by atoms with Gasteiger partial charge in [-0.2, -0.15) is 0 Å². The molecular weight excluding hydrogens is 348 g/mol. The molecule has 0 atom stereocenters. The van der Waals surface area contributed by atoms with E-state index in [0.717, 1.165) is 18.4 Å². The largest absolute Gasteiger partial charge is 0.352 e. The fourth-order valence-corrected chi connectivity index (χ4v) is 2.70. The highest BCUT2D eigenvalue weighted by molar-refractivity contribution is 6.07. The maximum atomic E-state index is 12.3. The maximum Gasteiger partial charge on any atom is 0.253 e. The van der Waals surface area contributed by atoms with E-state index in [2.05, 4.69) is 50.5 Å². The molecule has 0 unspecified atom stereocenters. The molecule has 28 heavy (non-hydrogen) atoms. The van der Waals surface area contributed by atoms with Crippen molar-refractivity contribution in [1.29, 1.82) is 0 Å². The number of para-hydroxylation sites is 1. The molecule has 0 fully saturated rings. The maximum absolute atomic E-state index is 12.3. The van der Waals surface area contributed by atoms with E-state index in [4.69, 9.17) is 0 Å². The highest BCUT2D eigenvalue weighted by atomic mass is 16.2. The van der Waals surface area contributed by atoms with Crippen LogP contribution in [0, 0.1) is 0 Å². The Morgan fingerprint density at radius 1 is 1.00 bits per heavy atom. The molecule has 0 saturated heterocycles. The van der Waals surface area contributed by atoms with Gasteiger partial charge in [0.15, 0.2) is 0 Å². The summed E-state index contributed by atoms with van der Waals surface area (Å²) < 4.78 is 0. The van der Waals surface area contributed by atoms with Crippen LogP contribution in [0.15, 0.2) is 54.6 Å². The number of rotatable bonds is 7. The van der Waals surface area contributed by atoms with Gasteiger partial charge >= 0.3 is 0 Å². The molecule has 0 bridgehead atoms. The topological polar surface area (TPSA) is 58.2 Å². The zero-order valence-electron chi connectivity index (χ0n) is 17.2. The minimum Gasteiger partial charge on any atom is -0.352 e. The monoisotopic (exact) mass is 378 g/mol. The Bertz CT molecular complexity index is 830. The van der Waals surface area contributed by atoms with Crippen LogP contribution in [0.2, 0.25) is 0 Å². The molecule has 0 heterocycles. The lowest BCUT2D eigenvalue weighted by Crippen LogP contribution is -2.25. The van der Waals surface area contributed by atoms with Gasteiger partial charge in [-0.1, -0.05) is 70.5 Å². The van der Waals surface area contributed by atoms with Crippen LogP contribution in [0.5, 0.6) is 0 Å². The first kappa shape index (κ1) is 21.4. The fraction of sp³-hybridized carbons (Fsp3) is 0.333. The molecule has 2 aromatic carbocycles. The van der Waals surface area contributed by atoms with Gasteiger partial charge in [-0.05, 0) is 41.2 Å². The minimum atomic E-state index is -0.270. The van der Waals surface area contributed by atoms with E-state index in [1.54, 1.807) is 30.3 Å². The first-order valence-electron chi connectivity index (χ1n) is 9.78. The van der Waals surface area contributed by atoms with Gasteiger partial charge < -0.3 is 10.6 Å². The van der Waals surface area contributed by atoms with Gasteiger partial charge in [0.05, 0.1) is 11.3 Å². The molecule has 0 saturated carbocycles. The lowest BCUT2D eigenvalue weighted by atomic mass is 9.87. The Morgan fingerprint density at radius 3 is 2.32 bits per heavy atom. The second-order valence-electron chi connectivity index (χ2n) is 7.85. The van der Waals surface area contributed by atoms with E-state index in [-0.39, 0.29) is 17.2 Å². The van der Waals surface area contributed by atoms with Gasteiger partial charge in [0, 0.05) is 12.6 Å². The molecular formula is C24H30N2O2. The van der Waals surface area contributed by atoms with Crippen LogP contribution in [0.25, 0.3) is 6.08 Å². The van der Waals surface area contributed by atoms with Gasteiger partial charge in [-0.15, -0.1) is 0 Å². The number of amides is 2. The third-order valence-electron chi connectivity index (χ3n) is 4.45. The predicted molar refractivity (Wildman–Crippen MR) is 116 cm³/mol. The van der Waals surface area contributed by atoms with Crippen LogP contribution in [-0.4, -0.2) is 18.4 Å². The third kappa shape index (κ3) is 6.38. The van der Waals surface area contributed by atoms with Gasteiger partial charge in [-0.25, -0.2) is 0 Å². The average Bonchev–Trinajstić information content (AvgIpc) is 2.66. The molecule has 0 aliphatic carbocycles. The molecule has 2 aromatic rings. The van der Waals surface area contributed by atoms with Crippen LogP contribution in [-0.2, 0) is 10.2 Å². The molecule has 2 amide bonds. The number of carbonyl (C=O) groups excluding carboxylic acids is 2. The average molecular weight is 379 g/mol. The zero-order valence-corrected chi connectivity index (χ0v) is 17.2. The molecule has 0 aliphatic heterocycles. The summed E-state index contributed by atoms with van der Waals surface area (Å²) in [7, 11) is 0. The number of nitrogens with one attached hydrogen (secondary N) is 2. The summed E-state index contributed by atoms with van der Waals surface area (Å²) in [6.07, 6.45) is 5.20. The third-order valence-corrected chi connectivity index (χ3v) is 4.45. The van der Waals surface area contributed by atoms with Crippen molar-refractivity contribution in [2.45, 2.75) is 46.0 Å². The van der Waals surface area contributed by atoms with Crippen molar-refractivity contribution in [3.05, 3.63) is 71.3 Å². The second-order valence-corrected chi connectivity index (χ2v) is 7.85. The molecule has 148 valence electrons. The number of benzene rings is 2. The van der Waals surface area contributed by atoms with Crippen LogP contribution in [0.3, 0.4) is 0 Å². The zero-order chi connectivity index (χ0) is 20.6. The van der Waals surface area contributed by atoms with Gasteiger partial charge in [-0.3, -0.25) is 9.59 Å². The molecule has 0 aromatic heterocycles. The van der Waals surface area contributed by atoms with Crippen LogP contribution >= 0.6 is 0 Å². The highest BCUT2D eigenvalue weighted by Gasteiger charge is 2.13. The number of unbranched alkanes of at least 4 members (excludes halogenated alkanes) is 1. The molecule has 0 aliphatic rings. The standard InChI is InChI=1S/C24H30N2O2/c1-5-6-17-25-23(28)20-9-7-8-10-21(20)26-22(27)16-13-18-11-14-19(15-12-18)24(2,3)4/h7-16H,5-6,17H2,1-4H3,(H,25,28)(H,26,27)/b16-13+. The van der Waals surface area contributed by atoms with E-state index in [1.807, 2.05) is 12.1 Å². The lowest BCUT2D eigenvalue weighted by molar-refractivity contribution is -0.111. The highest BCUT2D eigenvalue weighted by Crippen LogP contribution is 2.22. The SMILES string of the molecule is CCCCNC(=O)c1ccccc1NC(=O)/C=C/c1ccc(C(C)(C)C)cc1. The van der Waals surface area contributed by atoms with Crippen molar-refractivity contribution < 1.29 is 9.59 Å². The van der Waals surface area contributed by atoms with E-state index in [1.165, 1.54) is 11.6 Å². The predicted octanol–water partition coefficient (Wildman–Crippen LogP) is 5.17. The summed E-state index contributed by atoms with van der Waals surface area (Å²) in [5, 5.41) is 5.68. The van der Waals surface area contributed by atoms with Gasteiger partial charge in [0.1, 0.15) is 0 Å². The molecule has 2 rings (SSSR count). The summed E-state index contributed by atoms with van der Waals surface area (Å²) in [6.45, 7) is 9.20. The number of carbonyl (C=O) groups is 2. The van der Waals surface area contributed by atoms with Gasteiger partial charge in [0.25, 0.3) is 5.91 Å².